The van der Waals surface area contributed by atoms with Gasteiger partial charge in [0.15, 0.2) is 0 Å². The van der Waals surface area contributed by atoms with E-state index in [1.165, 1.54) is 24.6 Å². The predicted molar refractivity (Wildman–Crippen MR) is 131 cm³/mol. The number of rotatable bonds is 6. The number of nitrogens with zero attached hydrogens (tertiary/aromatic N) is 2. The average molecular weight is 479 g/mol. The quantitative estimate of drug-likeness (QED) is 0.511. The maximum absolute atomic E-state index is 12.8. The van der Waals surface area contributed by atoms with Gasteiger partial charge in [-0.05, 0) is 43.5 Å². The van der Waals surface area contributed by atoms with E-state index < -0.39 is 5.97 Å². The molecule has 0 saturated carbocycles. The average Bonchev–Trinajstić information content (AvgIpc) is 3.38. The molecule has 176 valence electrons. The first kappa shape index (κ1) is 23.4. The molecule has 3 aromatic rings. The Hall–Kier alpha value is -3.72. The minimum atomic E-state index is -0.426. The molecule has 1 atom stereocenters. The van der Waals surface area contributed by atoms with Crippen molar-refractivity contribution in [2.75, 3.05) is 25.5 Å². The molecular formula is C25H26N4O4S. The normalized spacial score (nSPS) is 15.4. The van der Waals surface area contributed by atoms with E-state index in [0.29, 0.717) is 28.5 Å². The molecule has 1 aliphatic rings. The Bertz CT molecular complexity index is 1160. The van der Waals surface area contributed by atoms with Crippen molar-refractivity contribution in [2.45, 2.75) is 25.3 Å². The van der Waals surface area contributed by atoms with E-state index in [4.69, 9.17) is 4.74 Å². The summed E-state index contributed by atoms with van der Waals surface area (Å²) in [5.74, 6) is -0.661. The van der Waals surface area contributed by atoms with Gasteiger partial charge in [-0.1, -0.05) is 30.3 Å². The number of hydrogen-bond acceptors (Lipinski definition) is 6. The molecule has 0 spiro atoms. The monoisotopic (exact) mass is 478 g/mol. The van der Waals surface area contributed by atoms with E-state index >= 15 is 0 Å². The fraction of sp³-hybridized carbons (Fsp3) is 0.280. The summed E-state index contributed by atoms with van der Waals surface area (Å²) in [7, 11) is 1.33. The number of amides is 3. The number of likely N-dealkylation sites (tertiary alicyclic amines) is 1. The molecule has 2 aromatic carbocycles. The molecule has 2 heterocycles. The van der Waals surface area contributed by atoms with Crippen molar-refractivity contribution >= 4 is 34.9 Å². The number of para-hydroxylation sites is 1. The van der Waals surface area contributed by atoms with Gasteiger partial charge in [-0.25, -0.2) is 14.6 Å². The Morgan fingerprint density at radius 3 is 2.74 bits per heavy atom. The van der Waals surface area contributed by atoms with Crippen molar-refractivity contribution in [3.8, 4) is 10.6 Å². The second-order valence-electron chi connectivity index (χ2n) is 7.95. The molecule has 2 N–H and O–H groups in total. The summed E-state index contributed by atoms with van der Waals surface area (Å²) in [6.45, 7) is 1.02. The third-order valence-corrected chi connectivity index (χ3v) is 6.72. The van der Waals surface area contributed by atoms with Crippen molar-refractivity contribution in [2.24, 2.45) is 0 Å². The van der Waals surface area contributed by atoms with E-state index in [9.17, 15) is 14.4 Å². The Morgan fingerprint density at radius 1 is 1.12 bits per heavy atom. The lowest BCUT2D eigenvalue weighted by atomic mass is 10.0. The minimum absolute atomic E-state index is 0.0782. The molecule has 1 unspecified atom stereocenters. The van der Waals surface area contributed by atoms with Crippen LogP contribution in [0.25, 0.3) is 10.6 Å². The van der Waals surface area contributed by atoms with Crippen molar-refractivity contribution in [3.63, 3.8) is 0 Å². The van der Waals surface area contributed by atoms with Crippen LogP contribution in [0.3, 0.4) is 0 Å². The number of carbonyl (C=O) groups is 3. The number of urea groups is 1. The fourth-order valence-corrected chi connectivity index (χ4v) is 4.73. The summed E-state index contributed by atoms with van der Waals surface area (Å²) in [4.78, 5) is 44.0. The van der Waals surface area contributed by atoms with Crippen LogP contribution in [-0.4, -0.2) is 54.0 Å². The number of aromatic nitrogens is 1. The van der Waals surface area contributed by atoms with E-state index in [-0.39, 0.29) is 18.0 Å². The Balaban J connectivity index is 1.38. The summed E-state index contributed by atoms with van der Waals surface area (Å²) >= 11 is 1.25. The van der Waals surface area contributed by atoms with Gasteiger partial charge in [0.05, 0.1) is 24.9 Å². The second kappa shape index (κ2) is 10.9. The van der Waals surface area contributed by atoms with Gasteiger partial charge in [0, 0.05) is 24.3 Å². The molecule has 1 aliphatic heterocycles. The first-order valence-electron chi connectivity index (χ1n) is 11.1. The zero-order valence-corrected chi connectivity index (χ0v) is 19.6. The van der Waals surface area contributed by atoms with Crippen molar-refractivity contribution in [1.29, 1.82) is 0 Å². The highest BCUT2D eigenvalue weighted by Gasteiger charge is 2.27. The first-order chi connectivity index (χ1) is 16.5. The van der Waals surface area contributed by atoms with Gasteiger partial charge in [0.25, 0.3) is 5.91 Å². The van der Waals surface area contributed by atoms with Crippen LogP contribution < -0.4 is 10.6 Å². The number of benzene rings is 2. The minimum Gasteiger partial charge on any atom is -0.465 e. The SMILES string of the molecule is COC(=O)c1cccc(-c2ncc(C(=O)NCC3CCCCN3C(=O)Nc3ccccc3)s2)c1. The van der Waals surface area contributed by atoms with E-state index in [2.05, 4.69) is 15.6 Å². The maximum atomic E-state index is 12.8. The smallest absolute Gasteiger partial charge is 0.337 e. The molecule has 9 heteroatoms. The zero-order chi connectivity index (χ0) is 23.9. The highest BCUT2D eigenvalue weighted by molar-refractivity contribution is 7.16. The van der Waals surface area contributed by atoms with Gasteiger partial charge in [-0.2, -0.15) is 0 Å². The van der Waals surface area contributed by atoms with Gasteiger partial charge in [0.1, 0.15) is 9.88 Å². The largest absolute Gasteiger partial charge is 0.465 e. The predicted octanol–water partition coefficient (Wildman–Crippen LogP) is 4.41. The van der Waals surface area contributed by atoms with E-state index in [1.54, 1.807) is 23.1 Å². The number of piperidine rings is 1. The van der Waals surface area contributed by atoms with Crippen LogP contribution in [0.2, 0.25) is 0 Å². The Labute approximate surface area is 202 Å². The fourth-order valence-electron chi connectivity index (χ4n) is 3.90. The standard InChI is InChI=1S/C25H26N4O4S/c1-33-24(31)18-9-7-8-17(14-18)23-27-16-21(34-23)22(30)26-15-20-12-5-6-13-29(20)25(32)28-19-10-3-2-4-11-19/h2-4,7-11,14,16,20H,5-6,12-13,15H2,1H3,(H,26,30)(H,28,32). The van der Waals surface area contributed by atoms with Crippen LogP contribution in [0, 0.1) is 0 Å². The number of methoxy groups -OCH3 is 1. The molecule has 1 fully saturated rings. The highest BCUT2D eigenvalue weighted by Crippen LogP contribution is 2.26. The molecule has 1 saturated heterocycles. The van der Waals surface area contributed by atoms with Crippen molar-refractivity contribution in [3.05, 3.63) is 71.2 Å². The van der Waals surface area contributed by atoms with Crippen LogP contribution in [0.4, 0.5) is 10.5 Å². The molecule has 0 radical (unpaired) electrons. The number of ether oxygens (including phenoxy) is 1. The second-order valence-corrected chi connectivity index (χ2v) is 8.98. The van der Waals surface area contributed by atoms with Crippen LogP contribution >= 0.6 is 11.3 Å². The summed E-state index contributed by atoms with van der Waals surface area (Å²) in [5, 5.41) is 6.53. The lowest BCUT2D eigenvalue weighted by Gasteiger charge is -2.35. The molecule has 8 nitrogen and oxygen atoms in total. The van der Waals surface area contributed by atoms with Crippen LogP contribution in [-0.2, 0) is 4.74 Å². The number of anilines is 1. The molecule has 4 rings (SSSR count). The number of thiazole rings is 1. The zero-order valence-electron chi connectivity index (χ0n) is 18.8. The van der Waals surface area contributed by atoms with E-state index in [0.717, 1.165) is 30.5 Å². The summed E-state index contributed by atoms with van der Waals surface area (Å²) in [6, 6.07) is 16.0. The Morgan fingerprint density at radius 2 is 1.94 bits per heavy atom. The van der Waals surface area contributed by atoms with Crippen LogP contribution in [0.15, 0.2) is 60.8 Å². The van der Waals surface area contributed by atoms with Crippen LogP contribution in [0.1, 0.15) is 39.3 Å². The summed E-state index contributed by atoms with van der Waals surface area (Å²) < 4.78 is 4.77. The van der Waals surface area contributed by atoms with Crippen LogP contribution in [0.5, 0.6) is 0 Å². The van der Waals surface area contributed by atoms with Gasteiger partial charge < -0.3 is 20.3 Å². The van der Waals surface area contributed by atoms with Gasteiger partial charge >= 0.3 is 12.0 Å². The third kappa shape index (κ3) is 5.60. The molecule has 34 heavy (non-hydrogen) atoms. The number of carbonyl (C=O) groups excluding carboxylic acids is 3. The topological polar surface area (TPSA) is 101 Å². The number of esters is 1. The number of nitrogens with one attached hydrogen (secondary N) is 2. The van der Waals surface area contributed by atoms with Crippen molar-refractivity contribution in [1.82, 2.24) is 15.2 Å². The summed E-state index contributed by atoms with van der Waals surface area (Å²) in [5.41, 5.74) is 1.91. The van der Waals surface area contributed by atoms with Gasteiger partial charge in [-0.15, -0.1) is 11.3 Å². The molecule has 3 amide bonds. The molecule has 0 aliphatic carbocycles. The van der Waals surface area contributed by atoms with Gasteiger partial charge in [0.2, 0.25) is 0 Å². The van der Waals surface area contributed by atoms with Gasteiger partial charge in [-0.3, -0.25) is 4.79 Å². The summed E-state index contributed by atoms with van der Waals surface area (Å²) in [6.07, 6.45) is 4.31. The maximum Gasteiger partial charge on any atom is 0.337 e. The Kier molecular flexibility index (Phi) is 7.54. The molecule has 1 aromatic heterocycles. The first-order valence-corrected chi connectivity index (χ1v) is 11.9. The molecule has 0 bridgehead atoms. The van der Waals surface area contributed by atoms with Crippen molar-refractivity contribution < 1.29 is 19.1 Å². The van der Waals surface area contributed by atoms with E-state index in [1.807, 2.05) is 36.4 Å². The lowest BCUT2D eigenvalue weighted by Crippen LogP contribution is -2.50. The molecular weight excluding hydrogens is 452 g/mol. The lowest BCUT2D eigenvalue weighted by molar-refractivity contribution is 0.0600. The third-order valence-electron chi connectivity index (χ3n) is 5.67. The number of hydrogen-bond donors (Lipinski definition) is 2. The highest BCUT2D eigenvalue weighted by atomic mass is 32.1.